The van der Waals surface area contributed by atoms with Crippen LogP contribution >= 0.6 is 0 Å². The molecule has 6 saturated carbocycles. The monoisotopic (exact) mass is 472 g/mol. The molecule has 0 heterocycles. The van der Waals surface area contributed by atoms with Gasteiger partial charge in [-0.1, -0.05) is 26.8 Å². The van der Waals surface area contributed by atoms with Gasteiger partial charge in [-0.2, -0.15) is 0 Å². The SMILES string of the molecule is C/C=C(/CC(C)(C)C)C(=O)OC1CC2CC(C(=O)OCOCC34CC5CC(CC(C5)C3)C4)C1C2. The Balaban J connectivity index is 1.08. The van der Waals surface area contributed by atoms with Gasteiger partial charge in [-0.15, -0.1) is 0 Å². The maximum Gasteiger partial charge on any atom is 0.333 e. The lowest BCUT2D eigenvalue weighted by molar-refractivity contribution is -0.175. The van der Waals surface area contributed by atoms with Crippen LogP contribution in [0.2, 0.25) is 0 Å². The Morgan fingerprint density at radius 1 is 0.912 bits per heavy atom. The summed E-state index contributed by atoms with van der Waals surface area (Å²) < 4.78 is 17.5. The molecule has 6 aliphatic carbocycles. The molecular formula is C29H44O5. The summed E-state index contributed by atoms with van der Waals surface area (Å²) in [6.45, 7) is 9.07. The third kappa shape index (κ3) is 5.10. The highest BCUT2D eigenvalue weighted by atomic mass is 16.7. The minimum absolute atomic E-state index is 0.0259. The summed E-state index contributed by atoms with van der Waals surface area (Å²) in [7, 11) is 0. The zero-order valence-electron chi connectivity index (χ0n) is 21.6. The molecule has 0 saturated heterocycles. The fourth-order valence-corrected chi connectivity index (χ4v) is 8.70. The van der Waals surface area contributed by atoms with E-state index in [0.717, 1.165) is 49.2 Å². The van der Waals surface area contributed by atoms with Gasteiger partial charge < -0.3 is 14.2 Å². The van der Waals surface area contributed by atoms with Crippen molar-refractivity contribution in [2.75, 3.05) is 13.4 Å². The second-order valence-electron chi connectivity index (χ2n) is 13.7. The summed E-state index contributed by atoms with van der Waals surface area (Å²) in [5.41, 5.74) is 1.09. The fourth-order valence-electron chi connectivity index (χ4n) is 8.70. The van der Waals surface area contributed by atoms with E-state index in [4.69, 9.17) is 14.2 Å². The molecule has 5 nitrogen and oxygen atoms in total. The Morgan fingerprint density at radius 3 is 2.12 bits per heavy atom. The van der Waals surface area contributed by atoms with Crippen LogP contribution in [0.4, 0.5) is 0 Å². The van der Waals surface area contributed by atoms with Gasteiger partial charge in [0.25, 0.3) is 0 Å². The molecule has 0 amide bonds. The molecule has 0 radical (unpaired) electrons. The Kier molecular flexibility index (Phi) is 6.63. The maximum absolute atomic E-state index is 12.9. The quantitative estimate of drug-likeness (QED) is 0.186. The summed E-state index contributed by atoms with van der Waals surface area (Å²) in [5.74, 6) is 2.67. The van der Waals surface area contributed by atoms with E-state index in [1.165, 1.54) is 38.5 Å². The molecule has 0 spiro atoms. The van der Waals surface area contributed by atoms with Gasteiger partial charge in [0.2, 0.25) is 0 Å². The van der Waals surface area contributed by atoms with E-state index in [0.29, 0.717) is 17.8 Å². The van der Waals surface area contributed by atoms with Crippen molar-refractivity contribution in [3.63, 3.8) is 0 Å². The largest absolute Gasteiger partial charge is 0.459 e. The minimum Gasteiger partial charge on any atom is -0.459 e. The van der Waals surface area contributed by atoms with Gasteiger partial charge >= 0.3 is 11.9 Å². The number of hydrogen-bond donors (Lipinski definition) is 0. The fraction of sp³-hybridized carbons (Fsp3) is 0.862. The zero-order valence-corrected chi connectivity index (χ0v) is 21.6. The number of ether oxygens (including phenoxy) is 3. The van der Waals surface area contributed by atoms with Crippen molar-refractivity contribution >= 4 is 11.9 Å². The van der Waals surface area contributed by atoms with Crippen molar-refractivity contribution in [3.8, 4) is 0 Å². The maximum atomic E-state index is 12.9. The summed E-state index contributed by atoms with van der Waals surface area (Å²) in [4.78, 5) is 25.7. The second kappa shape index (κ2) is 9.26. The number of hydrogen-bond acceptors (Lipinski definition) is 5. The van der Waals surface area contributed by atoms with Gasteiger partial charge in [-0.05, 0) is 106 Å². The van der Waals surface area contributed by atoms with E-state index >= 15 is 0 Å². The summed E-state index contributed by atoms with van der Waals surface area (Å²) in [5, 5.41) is 0. The average molecular weight is 473 g/mol. The molecule has 4 unspecified atom stereocenters. The highest BCUT2D eigenvalue weighted by Gasteiger charge is 2.52. The molecule has 4 atom stereocenters. The van der Waals surface area contributed by atoms with Crippen LogP contribution in [0.3, 0.4) is 0 Å². The Morgan fingerprint density at radius 2 is 1.56 bits per heavy atom. The van der Waals surface area contributed by atoms with E-state index in [1.807, 2.05) is 13.0 Å². The molecule has 0 aromatic rings. The van der Waals surface area contributed by atoms with Crippen LogP contribution in [0.1, 0.15) is 91.9 Å². The van der Waals surface area contributed by atoms with Crippen molar-refractivity contribution in [3.05, 3.63) is 11.6 Å². The van der Waals surface area contributed by atoms with Crippen LogP contribution in [0.25, 0.3) is 0 Å². The van der Waals surface area contributed by atoms with Crippen LogP contribution < -0.4 is 0 Å². The van der Waals surface area contributed by atoms with Gasteiger partial charge in [0.1, 0.15) is 6.10 Å². The topological polar surface area (TPSA) is 61.8 Å². The number of fused-ring (bicyclic) bond motifs is 2. The van der Waals surface area contributed by atoms with Crippen LogP contribution in [0.15, 0.2) is 11.6 Å². The highest BCUT2D eigenvalue weighted by Crippen LogP contribution is 2.60. The predicted molar refractivity (Wildman–Crippen MR) is 130 cm³/mol. The molecule has 6 aliphatic rings. The molecule has 6 rings (SSSR count). The average Bonchev–Trinajstić information content (AvgIpc) is 3.34. The van der Waals surface area contributed by atoms with Crippen molar-refractivity contribution in [2.24, 2.45) is 46.3 Å². The first-order valence-electron chi connectivity index (χ1n) is 13.7. The number of carbonyl (C=O) groups is 2. The molecule has 0 aromatic heterocycles. The lowest BCUT2D eigenvalue weighted by Gasteiger charge is -2.56. The van der Waals surface area contributed by atoms with Crippen molar-refractivity contribution < 1.29 is 23.8 Å². The van der Waals surface area contributed by atoms with E-state index in [9.17, 15) is 9.59 Å². The van der Waals surface area contributed by atoms with Gasteiger partial charge in [0, 0.05) is 11.5 Å². The van der Waals surface area contributed by atoms with Crippen LogP contribution in [0.5, 0.6) is 0 Å². The molecular weight excluding hydrogens is 428 g/mol. The molecule has 190 valence electrons. The summed E-state index contributed by atoms with van der Waals surface area (Å²) in [6.07, 6.45) is 13.2. The van der Waals surface area contributed by atoms with Gasteiger partial charge in [-0.25, -0.2) is 4.79 Å². The Bertz CT molecular complexity index is 786. The van der Waals surface area contributed by atoms with E-state index in [-0.39, 0.29) is 42.1 Å². The Labute approximate surface area is 205 Å². The minimum atomic E-state index is -0.221. The van der Waals surface area contributed by atoms with E-state index < -0.39 is 0 Å². The third-order valence-electron chi connectivity index (χ3n) is 9.50. The van der Waals surface area contributed by atoms with Crippen molar-refractivity contribution in [2.45, 2.75) is 98.0 Å². The predicted octanol–water partition coefficient (Wildman–Crippen LogP) is 6.06. The molecule has 6 fully saturated rings. The molecule has 0 aliphatic heterocycles. The number of allylic oxidation sites excluding steroid dienone is 1. The van der Waals surface area contributed by atoms with Gasteiger partial charge in [0.05, 0.1) is 12.5 Å². The van der Waals surface area contributed by atoms with Crippen LogP contribution in [-0.4, -0.2) is 31.4 Å². The van der Waals surface area contributed by atoms with Gasteiger partial charge in [-0.3, -0.25) is 4.79 Å². The Hall–Kier alpha value is -1.36. The molecule has 5 heteroatoms. The molecule has 6 bridgehead atoms. The van der Waals surface area contributed by atoms with Crippen LogP contribution in [0, 0.1) is 46.3 Å². The lowest BCUT2D eigenvalue weighted by Crippen LogP contribution is -2.48. The number of rotatable bonds is 8. The van der Waals surface area contributed by atoms with Crippen molar-refractivity contribution in [1.82, 2.24) is 0 Å². The van der Waals surface area contributed by atoms with E-state index in [1.54, 1.807) is 0 Å². The number of carbonyl (C=O) groups excluding carboxylic acids is 2. The second-order valence-corrected chi connectivity index (χ2v) is 13.7. The third-order valence-corrected chi connectivity index (χ3v) is 9.50. The smallest absolute Gasteiger partial charge is 0.333 e. The summed E-state index contributed by atoms with van der Waals surface area (Å²) >= 11 is 0. The van der Waals surface area contributed by atoms with Crippen molar-refractivity contribution in [1.29, 1.82) is 0 Å². The van der Waals surface area contributed by atoms with Gasteiger partial charge in [0.15, 0.2) is 6.79 Å². The number of esters is 2. The normalized spacial score (nSPS) is 40.6. The van der Waals surface area contributed by atoms with E-state index in [2.05, 4.69) is 20.8 Å². The standard InChI is InChI=1S/C29H44O5/c1-5-22(15-28(2,3)4)26(30)34-25-11-18-9-23(25)24(10-18)27(31)33-17-32-16-29-12-19-6-20(13-29)8-21(7-19)14-29/h5,18-21,23-25H,6-17H2,1-4H3/b22-5-. The highest BCUT2D eigenvalue weighted by molar-refractivity contribution is 5.88. The lowest BCUT2D eigenvalue weighted by atomic mass is 9.50. The first-order valence-corrected chi connectivity index (χ1v) is 13.7. The first kappa shape index (κ1) is 24.3. The zero-order chi connectivity index (χ0) is 24.1. The summed E-state index contributed by atoms with van der Waals surface area (Å²) in [6, 6.07) is 0. The first-order chi connectivity index (χ1) is 16.1. The molecule has 0 N–H and O–H groups in total. The molecule has 0 aromatic carbocycles. The van der Waals surface area contributed by atoms with Crippen LogP contribution in [-0.2, 0) is 23.8 Å². The molecule has 34 heavy (non-hydrogen) atoms.